The van der Waals surface area contributed by atoms with Crippen molar-refractivity contribution in [2.75, 3.05) is 25.5 Å². The van der Waals surface area contributed by atoms with Crippen molar-refractivity contribution in [1.82, 2.24) is 10.3 Å². The Labute approximate surface area is 109 Å². The second-order valence-corrected chi connectivity index (χ2v) is 4.37. The molecular weight excluding hydrogens is 260 g/mol. The molecule has 1 fully saturated rings. The first-order chi connectivity index (χ1) is 8.61. The minimum Gasteiger partial charge on any atom is -0.378 e. The normalized spacial score (nSPS) is 23.0. The number of rotatable bonds is 4. The van der Waals surface area contributed by atoms with Crippen LogP contribution in [0.5, 0.6) is 0 Å². The number of anilines is 1. The van der Waals surface area contributed by atoms with Gasteiger partial charge in [-0.1, -0.05) is 11.6 Å². The van der Waals surface area contributed by atoms with Crippen molar-refractivity contribution in [1.29, 1.82) is 0 Å². The van der Waals surface area contributed by atoms with Gasteiger partial charge in [-0.2, -0.15) is 0 Å². The molecule has 0 amide bonds. The number of nitrogens with zero attached hydrogens (tertiary/aromatic N) is 2. The smallest absolute Gasteiger partial charge is 0.289 e. The van der Waals surface area contributed by atoms with Crippen LogP contribution in [0.1, 0.15) is 0 Å². The zero-order valence-electron chi connectivity index (χ0n) is 9.72. The van der Waals surface area contributed by atoms with Crippen LogP contribution in [0.4, 0.5) is 11.5 Å². The van der Waals surface area contributed by atoms with Crippen molar-refractivity contribution in [3.8, 4) is 0 Å². The lowest BCUT2D eigenvalue weighted by Gasteiger charge is -2.19. The van der Waals surface area contributed by atoms with Crippen molar-refractivity contribution < 1.29 is 9.66 Å². The summed E-state index contributed by atoms with van der Waals surface area (Å²) < 4.78 is 5.29. The van der Waals surface area contributed by atoms with E-state index in [9.17, 15) is 10.1 Å². The number of nitro groups is 1. The van der Waals surface area contributed by atoms with Gasteiger partial charge in [-0.05, 0) is 0 Å². The number of methoxy groups -OCH3 is 1. The number of pyridine rings is 1. The highest BCUT2D eigenvalue weighted by Crippen LogP contribution is 2.25. The molecule has 1 saturated heterocycles. The Morgan fingerprint density at radius 2 is 2.44 bits per heavy atom. The van der Waals surface area contributed by atoms with Crippen LogP contribution in [0.3, 0.4) is 0 Å². The van der Waals surface area contributed by atoms with Gasteiger partial charge in [0.25, 0.3) is 5.69 Å². The number of nitrogens with one attached hydrogen (secondary N) is 2. The predicted octanol–water partition coefficient (Wildman–Crippen LogP) is 1.04. The first-order valence-corrected chi connectivity index (χ1v) is 5.79. The van der Waals surface area contributed by atoms with Gasteiger partial charge in [-0.25, -0.2) is 4.98 Å². The second kappa shape index (κ2) is 5.47. The minimum atomic E-state index is -0.530. The topological polar surface area (TPSA) is 89.3 Å². The number of aromatic nitrogens is 1. The molecule has 2 heterocycles. The van der Waals surface area contributed by atoms with E-state index < -0.39 is 4.92 Å². The average molecular weight is 273 g/mol. The molecule has 0 radical (unpaired) electrons. The lowest BCUT2D eigenvalue weighted by Crippen LogP contribution is -2.33. The van der Waals surface area contributed by atoms with E-state index >= 15 is 0 Å². The number of halogens is 1. The van der Waals surface area contributed by atoms with Crippen LogP contribution in [0, 0.1) is 10.1 Å². The van der Waals surface area contributed by atoms with Crippen LogP contribution in [0.15, 0.2) is 12.3 Å². The van der Waals surface area contributed by atoms with Crippen LogP contribution in [-0.2, 0) is 4.74 Å². The third-order valence-corrected chi connectivity index (χ3v) is 3.11. The fraction of sp³-hybridized carbons (Fsp3) is 0.500. The van der Waals surface area contributed by atoms with Crippen LogP contribution < -0.4 is 10.6 Å². The van der Waals surface area contributed by atoms with Gasteiger partial charge in [0.2, 0.25) is 0 Å². The van der Waals surface area contributed by atoms with E-state index in [4.69, 9.17) is 16.3 Å². The molecule has 0 aromatic carbocycles. The molecule has 0 bridgehead atoms. The number of hydrogen-bond donors (Lipinski definition) is 2. The summed E-state index contributed by atoms with van der Waals surface area (Å²) in [5.74, 6) is 0.429. The van der Waals surface area contributed by atoms with E-state index in [1.807, 2.05) is 0 Å². The van der Waals surface area contributed by atoms with E-state index in [0.29, 0.717) is 5.82 Å². The molecule has 1 aromatic rings. The molecule has 7 nitrogen and oxygen atoms in total. The third-order valence-electron chi connectivity index (χ3n) is 2.82. The van der Waals surface area contributed by atoms with Crippen LogP contribution in [0.2, 0.25) is 5.02 Å². The predicted molar refractivity (Wildman–Crippen MR) is 67.0 cm³/mol. The van der Waals surface area contributed by atoms with Gasteiger partial charge >= 0.3 is 0 Å². The van der Waals surface area contributed by atoms with Gasteiger partial charge < -0.3 is 15.4 Å². The van der Waals surface area contributed by atoms with Gasteiger partial charge in [-0.15, -0.1) is 0 Å². The lowest BCUT2D eigenvalue weighted by molar-refractivity contribution is -0.385. The van der Waals surface area contributed by atoms with Crippen LogP contribution in [-0.4, -0.2) is 42.3 Å². The fourth-order valence-corrected chi connectivity index (χ4v) is 2.07. The van der Waals surface area contributed by atoms with Crippen molar-refractivity contribution in [2.45, 2.75) is 12.1 Å². The summed E-state index contributed by atoms with van der Waals surface area (Å²) >= 11 is 5.95. The van der Waals surface area contributed by atoms with Crippen molar-refractivity contribution >= 4 is 23.1 Å². The van der Waals surface area contributed by atoms with Gasteiger partial charge in [-0.3, -0.25) is 10.1 Å². The van der Waals surface area contributed by atoms with E-state index in [2.05, 4.69) is 15.6 Å². The molecule has 2 N–H and O–H groups in total. The SMILES string of the molecule is CO[C@H]1CNCC1Nc1ncc([N+](=O)[O-])cc1Cl. The summed E-state index contributed by atoms with van der Waals surface area (Å²) in [6.45, 7) is 1.48. The summed E-state index contributed by atoms with van der Waals surface area (Å²) in [6, 6.07) is 1.32. The van der Waals surface area contributed by atoms with Gasteiger partial charge in [0.15, 0.2) is 0 Å². The molecule has 1 aliphatic rings. The Balaban J connectivity index is 2.12. The van der Waals surface area contributed by atoms with Crippen molar-refractivity contribution in [3.05, 3.63) is 27.4 Å². The van der Waals surface area contributed by atoms with E-state index in [-0.39, 0.29) is 22.9 Å². The largest absolute Gasteiger partial charge is 0.378 e. The van der Waals surface area contributed by atoms with Gasteiger partial charge in [0, 0.05) is 26.3 Å². The lowest BCUT2D eigenvalue weighted by atomic mass is 10.2. The fourth-order valence-electron chi connectivity index (χ4n) is 1.86. The molecule has 1 aliphatic heterocycles. The molecule has 1 aromatic heterocycles. The Morgan fingerprint density at radius 3 is 3.06 bits per heavy atom. The highest BCUT2D eigenvalue weighted by Gasteiger charge is 2.27. The number of ether oxygens (including phenoxy) is 1. The molecule has 0 aliphatic carbocycles. The molecule has 0 saturated carbocycles. The zero-order chi connectivity index (χ0) is 13.1. The van der Waals surface area contributed by atoms with E-state index in [1.165, 1.54) is 12.3 Å². The quantitative estimate of drug-likeness (QED) is 0.629. The maximum absolute atomic E-state index is 10.6. The number of hydrogen-bond acceptors (Lipinski definition) is 6. The molecule has 98 valence electrons. The maximum atomic E-state index is 10.6. The monoisotopic (exact) mass is 272 g/mol. The molecule has 8 heteroatoms. The Bertz CT molecular complexity index is 457. The Hall–Kier alpha value is -1.44. The molecule has 1 unspecified atom stereocenters. The van der Waals surface area contributed by atoms with Gasteiger partial charge in [0.05, 0.1) is 22.1 Å². The standard InChI is InChI=1S/C10H13ClN4O3/c1-18-9-5-12-4-8(9)14-10-7(11)2-6(3-13-10)15(16)17/h2-3,8-9,12H,4-5H2,1H3,(H,13,14)/t8?,9-/m0/s1. The van der Waals surface area contributed by atoms with Gasteiger partial charge in [0.1, 0.15) is 12.0 Å². The molecule has 2 rings (SSSR count). The third kappa shape index (κ3) is 2.69. The first kappa shape index (κ1) is 13.0. The summed E-state index contributed by atoms with van der Waals surface area (Å²) in [5.41, 5.74) is -0.126. The van der Waals surface area contributed by atoms with Crippen molar-refractivity contribution in [2.24, 2.45) is 0 Å². The molecule has 18 heavy (non-hydrogen) atoms. The summed E-state index contributed by atoms with van der Waals surface area (Å²) in [4.78, 5) is 14.0. The molecular formula is C10H13ClN4O3. The molecule has 2 atom stereocenters. The molecule has 0 spiro atoms. The minimum absolute atomic E-state index is 0.0260. The van der Waals surface area contributed by atoms with Crippen molar-refractivity contribution in [3.63, 3.8) is 0 Å². The second-order valence-electron chi connectivity index (χ2n) is 3.96. The summed E-state index contributed by atoms with van der Waals surface area (Å²) in [5, 5.41) is 17.1. The summed E-state index contributed by atoms with van der Waals surface area (Å²) in [6.07, 6.45) is 1.20. The Kier molecular flexibility index (Phi) is 3.95. The first-order valence-electron chi connectivity index (χ1n) is 5.42. The van der Waals surface area contributed by atoms with Crippen LogP contribution >= 0.6 is 11.6 Å². The Morgan fingerprint density at radius 1 is 1.67 bits per heavy atom. The summed E-state index contributed by atoms with van der Waals surface area (Å²) in [7, 11) is 1.64. The highest BCUT2D eigenvalue weighted by molar-refractivity contribution is 6.33. The zero-order valence-corrected chi connectivity index (χ0v) is 10.5. The maximum Gasteiger partial charge on any atom is 0.289 e. The van der Waals surface area contributed by atoms with E-state index in [0.717, 1.165) is 13.1 Å². The highest BCUT2D eigenvalue weighted by atomic mass is 35.5. The van der Waals surface area contributed by atoms with Crippen LogP contribution in [0.25, 0.3) is 0 Å². The van der Waals surface area contributed by atoms with E-state index in [1.54, 1.807) is 7.11 Å². The average Bonchev–Trinajstić information content (AvgIpc) is 2.78.